The molecule has 0 spiro atoms. The van der Waals surface area contributed by atoms with E-state index >= 15 is 0 Å². The highest BCUT2D eigenvalue weighted by molar-refractivity contribution is 5.57. The fraction of sp³-hybridized carbons (Fsp3) is 0.444. The second kappa shape index (κ2) is 9.08. The molecule has 1 aromatic heterocycles. The van der Waals surface area contributed by atoms with Crippen LogP contribution in [0, 0.1) is 5.82 Å². The van der Waals surface area contributed by atoms with Crippen molar-refractivity contribution in [3.63, 3.8) is 0 Å². The molecule has 124 valence electrons. The maximum Gasteiger partial charge on any atom is 0.162 e. The van der Waals surface area contributed by atoms with Crippen LogP contribution in [0.1, 0.15) is 45.4 Å². The molecule has 0 unspecified atom stereocenters. The molecule has 0 radical (unpaired) electrons. The molecule has 0 saturated heterocycles. The molecule has 1 heterocycles. The number of ether oxygens (including phenoxy) is 1. The van der Waals surface area contributed by atoms with Crippen molar-refractivity contribution in [1.29, 1.82) is 0 Å². The van der Waals surface area contributed by atoms with E-state index in [1.54, 1.807) is 12.1 Å². The van der Waals surface area contributed by atoms with Crippen molar-refractivity contribution < 1.29 is 14.2 Å². The Morgan fingerprint density at radius 1 is 1.04 bits per heavy atom. The lowest BCUT2D eigenvalue weighted by molar-refractivity contribution is 0.303. The Morgan fingerprint density at radius 3 is 2.43 bits per heavy atom. The highest BCUT2D eigenvalue weighted by atomic mass is 19.1. The first kappa shape index (κ1) is 17.2. The number of aromatic hydroxyl groups is 1. The lowest BCUT2D eigenvalue weighted by Crippen LogP contribution is -1.99. The van der Waals surface area contributed by atoms with E-state index in [4.69, 9.17) is 9.84 Å². The monoisotopic (exact) mass is 318 g/mol. The minimum atomic E-state index is -0.434. The van der Waals surface area contributed by atoms with Gasteiger partial charge in [0.05, 0.1) is 24.6 Å². The molecule has 1 N–H and O–H groups in total. The molecule has 2 rings (SSSR count). The largest absolute Gasteiger partial charge is 0.505 e. The van der Waals surface area contributed by atoms with Crippen LogP contribution in [-0.4, -0.2) is 21.7 Å². The summed E-state index contributed by atoms with van der Waals surface area (Å²) in [5, 5.41) is 9.17. The third-order valence-electron chi connectivity index (χ3n) is 3.59. The van der Waals surface area contributed by atoms with Gasteiger partial charge in [0, 0.05) is 6.07 Å². The van der Waals surface area contributed by atoms with E-state index in [0.29, 0.717) is 12.4 Å². The molecule has 4 nitrogen and oxygen atoms in total. The predicted molar refractivity (Wildman–Crippen MR) is 88.0 cm³/mol. The first-order valence-corrected chi connectivity index (χ1v) is 8.14. The minimum absolute atomic E-state index is 0.0481. The molecule has 0 aliphatic carbocycles. The second-order valence-corrected chi connectivity index (χ2v) is 5.52. The molecule has 2 aromatic rings. The van der Waals surface area contributed by atoms with Crippen LogP contribution in [0.2, 0.25) is 0 Å². The van der Waals surface area contributed by atoms with Crippen molar-refractivity contribution >= 4 is 0 Å². The summed E-state index contributed by atoms with van der Waals surface area (Å²) in [6, 6.07) is 4.66. The van der Waals surface area contributed by atoms with E-state index in [9.17, 15) is 4.39 Å². The van der Waals surface area contributed by atoms with E-state index in [-0.39, 0.29) is 17.1 Å². The second-order valence-electron chi connectivity index (χ2n) is 5.52. The van der Waals surface area contributed by atoms with E-state index < -0.39 is 5.82 Å². The van der Waals surface area contributed by atoms with Gasteiger partial charge in [-0.15, -0.1) is 0 Å². The topological polar surface area (TPSA) is 55.2 Å². The van der Waals surface area contributed by atoms with E-state index in [0.717, 1.165) is 12.8 Å². The molecule has 0 atom stereocenters. The van der Waals surface area contributed by atoms with Crippen LogP contribution in [-0.2, 0) is 0 Å². The Hall–Kier alpha value is -2.17. The standard InChI is InChI=1S/C18H23FN2O2/c1-2-3-4-5-6-7-10-23-15-8-9-16(17(19)11-15)18-20-12-14(22)13-21-18/h8-9,11-13,22H,2-7,10H2,1H3. The van der Waals surface area contributed by atoms with Crippen molar-refractivity contribution in [2.45, 2.75) is 45.4 Å². The van der Waals surface area contributed by atoms with Gasteiger partial charge in [0.25, 0.3) is 0 Å². The summed E-state index contributed by atoms with van der Waals surface area (Å²) in [4.78, 5) is 7.82. The molecule has 1 aromatic carbocycles. The smallest absolute Gasteiger partial charge is 0.162 e. The zero-order valence-electron chi connectivity index (χ0n) is 13.5. The highest BCUT2D eigenvalue weighted by Crippen LogP contribution is 2.24. The van der Waals surface area contributed by atoms with Crippen LogP contribution in [0.15, 0.2) is 30.6 Å². The summed E-state index contributed by atoms with van der Waals surface area (Å²) < 4.78 is 19.7. The molecule has 23 heavy (non-hydrogen) atoms. The molecule has 0 amide bonds. The highest BCUT2D eigenvalue weighted by Gasteiger charge is 2.09. The Kier molecular flexibility index (Phi) is 6.78. The van der Waals surface area contributed by atoms with Gasteiger partial charge in [0.2, 0.25) is 0 Å². The summed E-state index contributed by atoms with van der Waals surface area (Å²) >= 11 is 0. The molecular weight excluding hydrogens is 295 g/mol. The summed E-state index contributed by atoms with van der Waals surface area (Å²) in [6.45, 7) is 2.80. The van der Waals surface area contributed by atoms with E-state index in [1.165, 1.54) is 44.1 Å². The summed E-state index contributed by atoms with van der Waals surface area (Å²) in [5.41, 5.74) is 0.289. The fourth-order valence-electron chi connectivity index (χ4n) is 2.30. The summed E-state index contributed by atoms with van der Waals surface area (Å²) in [6.07, 6.45) is 9.63. The van der Waals surface area contributed by atoms with E-state index in [1.807, 2.05) is 0 Å². The van der Waals surface area contributed by atoms with Gasteiger partial charge in [0.1, 0.15) is 11.6 Å². The predicted octanol–water partition coefficient (Wildman–Crippen LogP) is 4.73. The average Bonchev–Trinajstić information content (AvgIpc) is 2.55. The zero-order valence-corrected chi connectivity index (χ0v) is 13.5. The molecule has 5 heteroatoms. The Bertz CT molecular complexity index is 602. The average molecular weight is 318 g/mol. The van der Waals surface area contributed by atoms with Gasteiger partial charge in [-0.3, -0.25) is 0 Å². The maximum atomic E-state index is 14.1. The van der Waals surface area contributed by atoms with Gasteiger partial charge in [-0.05, 0) is 18.6 Å². The van der Waals surface area contributed by atoms with Crippen LogP contribution in [0.5, 0.6) is 11.5 Å². The first-order chi connectivity index (χ1) is 11.2. The van der Waals surface area contributed by atoms with Crippen LogP contribution in [0.3, 0.4) is 0 Å². The number of nitrogens with zero attached hydrogens (tertiary/aromatic N) is 2. The first-order valence-electron chi connectivity index (χ1n) is 8.14. The Morgan fingerprint density at radius 2 is 1.74 bits per heavy atom. The number of benzene rings is 1. The van der Waals surface area contributed by atoms with Crippen molar-refractivity contribution in [1.82, 2.24) is 9.97 Å². The third-order valence-corrected chi connectivity index (χ3v) is 3.59. The normalized spacial score (nSPS) is 10.7. The van der Waals surface area contributed by atoms with Crippen LogP contribution in [0.4, 0.5) is 4.39 Å². The number of unbranched alkanes of at least 4 members (excludes halogenated alkanes) is 5. The van der Waals surface area contributed by atoms with Crippen LogP contribution in [0.25, 0.3) is 11.4 Å². The Labute approximate surface area is 136 Å². The quantitative estimate of drug-likeness (QED) is 0.679. The van der Waals surface area contributed by atoms with Crippen molar-refractivity contribution in [3.05, 3.63) is 36.4 Å². The molecular formula is C18H23FN2O2. The van der Waals surface area contributed by atoms with E-state index in [2.05, 4.69) is 16.9 Å². The summed E-state index contributed by atoms with van der Waals surface area (Å²) in [7, 11) is 0. The maximum absolute atomic E-state index is 14.1. The van der Waals surface area contributed by atoms with Gasteiger partial charge in [-0.2, -0.15) is 0 Å². The van der Waals surface area contributed by atoms with Crippen molar-refractivity contribution in [2.75, 3.05) is 6.61 Å². The van der Waals surface area contributed by atoms with Gasteiger partial charge in [-0.1, -0.05) is 39.0 Å². The SMILES string of the molecule is CCCCCCCCOc1ccc(-c2ncc(O)cn2)c(F)c1. The fourth-order valence-corrected chi connectivity index (χ4v) is 2.30. The molecule has 0 saturated carbocycles. The number of aromatic nitrogens is 2. The number of rotatable bonds is 9. The lowest BCUT2D eigenvalue weighted by atomic mass is 10.1. The molecule has 0 fully saturated rings. The Balaban J connectivity index is 1.83. The molecule has 0 aliphatic heterocycles. The number of hydrogen-bond acceptors (Lipinski definition) is 4. The molecule has 0 bridgehead atoms. The third kappa shape index (κ3) is 5.51. The van der Waals surface area contributed by atoms with Crippen molar-refractivity contribution in [3.8, 4) is 22.9 Å². The summed E-state index contributed by atoms with van der Waals surface area (Å²) in [5.74, 6) is 0.269. The number of halogens is 1. The zero-order chi connectivity index (χ0) is 16.5. The molecule has 0 aliphatic rings. The van der Waals surface area contributed by atoms with Gasteiger partial charge >= 0.3 is 0 Å². The minimum Gasteiger partial charge on any atom is -0.505 e. The number of hydrogen-bond donors (Lipinski definition) is 1. The van der Waals surface area contributed by atoms with Gasteiger partial charge in [0.15, 0.2) is 11.6 Å². The van der Waals surface area contributed by atoms with Gasteiger partial charge in [-0.25, -0.2) is 14.4 Å². The van der Waals surface area contributed by atoms with Crippen molar-refractivity contribution in [2.24, 2.45) is 0 Å². The lowest BCUT2D eigenvalue weighted by Gasteiger charge is -2.08. The van der Waals surface area contributed by atoms with Gasteiger partial charge < -0.3 is 9.84 Å². The van der Waals surface area contributed by atoms with Crippen LogP contribution < -0.4 is 4.74 Å². The van der Waals surface area contributed by atoms with Crippen LogP contribution >= 0.6 is 0 Å².